The van der Waals surface area contributed by atoms with Crippen LogP contribution in [0.3, 0.4) is 0 Å². The first kappa shape index (κ1) is 11.4. The summed E-state index contributed by atoms with van der Waals surface area (Å²) in [6.45, 7) is 1.80. The van der Waals surface area contributed by atoms with Gasteiger partial charge < -0.3 is 10.0 Å². The Balaban J connectivity index is 2.18. The van der Waals surface area contributed by atoms with Gasteiger partial charge in [0, 0.05) is 19.3 Å². The summed E-state index contributed by atoms with van der Waals surface area (Å²) >= 11 is 6.86. The van der Waals surface area contributed by atoms with Crippen LogP contribution in [-0.4, -0.2) is 29.3 Å². The third-order valence-corrected chi connectivity index (χ3v) is 3.65. The molecule has 0 aliphatic carbocycles. The summed E-state index contributed by atoms with van der Waals surface area (Å²) in [5, 5.41) is 9.44. The summed E-state index contributed by atoms with van der Waals surface area (Å²) in [6, 6.07) is 2.00. The van der Waals surface area contributed by atoms with Crippen molar-refractivity contribution in [1.82, 2.24) is 4.98 Å². The second-order valence-electron chi connectivity index (χ2n) is 3.68. The number of hydrogen-bond donors (Lipinski definition) is 1. The molecule has 0 atom stereocenters. The van der Waals surface area contributed by atoms with Gasteiger partial charge in [0.25, 0.3) is 0 Å². The van der Waals surface area contributed by atoms with Crippen molar-refractivity contribution in [1.29, 1.82) is 0 Å². The maximum Gasteiger partial charge on any atom is 0.108 e. The van der Waals surface area contributed by atoms with Gasteiger partial charge in [0.15, 0.2) is 0 Å². The van der Waals surface area contributed by atoms with Crippen molar-refractivity contribution in [2.24, 2.45) is 0 Å². The first-order chi connectivity index (χ1) is 7.16. The van der Waals surface area contributed by atoms with Gasteiger partial charge in [-0.25, -0.2) is 4.98 Å². The predicted molar refractivity (Wildman–Crippen MR) is 67.1 cm³/mol. The van der Waals surface area contributed by atoms with Gasteiger partial charge in [-0.3, -0.25) is 0 Å². The molecule has 1 aliphatic rings. The van der Waals surface area contributed by atoms with Crippen molar-refractivity contribution < 1.29 is 5.11 Å². The van der Waals surface area contributed by atoms with Crippen LogP contribution in [0, 0.1) is 0 Å². The summed E-state index contributed by atoms with van der Waals surface area (Å²) in [5.74, 6) is 0. The zero-order valence-electron chi connectivity index (χ0n) is 8.16. The topological polar surface area (TPSA) is 36.4 Å². The highest BCUT2D eigenvalue weighted by Gasteiger charge is 2.19. The van der Waals surface area contributed by atoms with Crippen molar-refractivity contribution in [2.75, 3.05) is 18.0 Å². The van der Waals surface area contributed by atoms with Gasteiger partial charge in [-0.2, -0.15) is 0 Å². The highest BCUT2D eigenvalue weighted by atomic mass is 79.9. The average molecular weight is 336 g/mol. The number of hydrogen-bond acceptors (Lipinski definition) is 3. The SMILES string of the molecule is OC1CCN(c2cc(Br)ncc2Br)CC1. The zero-order chi connectivity index (χ0) is 10.8. The van der Waals surface area contributed by atoms with E-state index in [-0.39, 0.29) is 6.10 Å². The van der Waals surface area contributed by atoms with E-state index in [2.05, 4.69) is 41.7 Å². The molecule has 2 heterocycles. The molecular weight excluding hydrogens is 324 g/mol. The largest absolute Gasteiger partial charge is 0.393 e. The van der Waals surface area contributed by atoms with Gasteiger partial charge in [0.2, 0.25) is 0 Å². The lowest BCUT2D eigenvalue weighted by Crippen LogP contribution is -2.36. The van der Waals surface area contributed by atoms with Gasteiger partial charge in [-0.05, 0) is 50.8 Å². The van der Waals surface area contributed by atoms with Crippen LogP contribution in [0.25, 0.3) is 0 Å². The molecule has 1 aromatic heterocycles. The highest BCUT2D eigenvalue weighted by Crippen LogP contribution is 2.29. The van der Waals surface area contributed by atoms with E-state index in [1.54, 1.807) is 6.20 Å². The van der Waals surface area contributed by atoms with Gasteiger partial charge in [-0.1, -0.05) is 0 Å². The molecule has 5 heteroatoms. The van der Waals surface area contributed by atoms with Crippen molar-refractivity contribution in [3.8, 4) is 0 Å². The predicted octanol–water partition coefficient (Wildman–Crippen LogP) is 2.57. The molecule has 0 saturated carbocycles. The van der Waals surface area contributed by atoms with Gasteiger partial charge in [0.05, 0.1) is 16.3 Å². The lowest BCUT2D eigenvalue weighted by atomic mass is 10.1. The van der Waals surface area contributed by atoms with Crippen molar-refractivity contribution in [2.45, 2.75) is 18.9 Å². The maximum atomic E-state index is 9.44. The molecule has 15 heavy (non-hydrogen) atoms. The Bertz CT molecular complexity index is 351. The molecular formula is C10H12Br2N2O. The number of nitrogens with zero attached hydrogens (tertiary/aromatic N) is 2. The van der Waals surface area contributed by atoms with Crippen molar-refractivity contribution >= 4 is 37.5 Å². The number of anilines is 1. The third-order valence-electron chi connectivity index (χ3n) is 2.61. The van der Waals surface area contributed by atoms with E-state index in [0.717, 1.165) is 40.7 Å². The number of piperidine rings is 1. The number of aliphatic hydroxyl groups is 1. The fourth-order valence-corrected chi connectivity index (χ4v) is 2.54. The molecule has 0 amide bonds. The quantitative estimate of drug-likeness (QED) is 0.801. The molecule has 82 valence electrons. The van der Waals surface area contributed by atoms with Gasteiger partial charge >= 0.3 is 0 Å². The summed E-state index contributed by atoms with van der Waals surface area (Å²) < 4.78 is 1.84. The molecule has 3 nitrogen and oxygen atoms in total. The van der Waals surface area contributed by atoms with E-state index in [1.807, 2.05) is 6.07 Å². The molecule has 1 N–H and O–H groups in total. The lowest BCUT2D eigenvalue weighted by Gasteiger charge is -2.32. The Hall–Kier alpha value is -0.130. The first-order valence-electron chi connectivity index (χ1n) is 4.91. The van der Waals surface area contributed by atoms with Crippen molar-refractivity contribution in [3.05, 3.63) is 21.3 Å². The maximum absolute atomic E-state index is 9.44. The van der Waals surface area contributed by atoms with Gasteiger partial charge in [-0.15, -0.1) is 0 Å². The van der Waals surface area contributed by atoms with Crippen LogP contribution in [0.1, 0.15) is 12.8 Å². The number of pyridine rings is 1. The normalized spacial score (nSPS) is 18.2. The summed E-state index contributed by atoms with van der Waals surface area (Å²) in [5.41, 5.74) is 1.14. The Morgan fingerprint density at radius 2 is 2.00 bits per heavy atom. The van der Waals surface area contributed by atoms with E-state index in [1.165, 1.54) is 0 Å². The minimum absolute atomic E-state index is 0.134. The monoisotopic (exact) mass is 334 g/mol. The fraction of sp³-hybridized carbons (Fsp3) is 0.500. The minimum atomic E-state index is -0.134. The molecule has 1 fully saturated rings. The third kappa shape index (κ3) is 2.71. The summed E-state index contributed by atoms with van der Waals surface area (Å²) in [4.78, 5) is 6.41. The second kappa shape index (κ2) is 4.80. The Labute approximate surface area is 106 Å². The first-order valence-corrected chi connectivity index (χ1v) is 6.49. The van der Waals surface area contributed by atoms with Crippen LogP contribution in [0.2, 0.25) is 0 Å². The highest BCUT2D eigenvalue weighted by molar-refractivity contribution is 9.11. The number of aliphatic hydroxyl groups excluding tert-OH is 1. The Morgan fingerprint density at radius 3 is 2.67 bits per heavy atom. The standard InChI is InChI=1S/C10H12Br2N2O/c11-8-6-13-10(12)5-9(8)14-3-1-7(15)2-4-14/h5-7,15H,1-4H2. The van der Waals surface area contributed by atoms with Crippen molar-refractivity contribution in [3.63, 3.8) is 0 Å². The van der Waals surface area contributed by atoms with Crippen LogP contribution in [0.15, 0.2) is 21.3 Å². The molecule has 0 unspecified atom stereocenters. The average Bonchev–Trinajstić information content (AvgIpc) is 2.23. The molecule has 0 spiro atoms. The molecule has 0 radical (unpaired) electrons. The number of rotatable bonds is 1. The molecule has 1 saturated heterocycles. The Kier molecular flexibility index (Phi) is 3.64. The minimum Gasteiger partial charge on any atom is -0.393 e. The van der Waals surface area contributed by atoms with E-state index in [4.69, 9.17) is 0 Å². The van der Waals surface area contributed by atoms with E-state index >= 15 is 0 Å². The smallest absolute Gasteiger partial charge is 0.108 e. The summed E-state index contributed by atoms with van der Waals surface area (Å²) in [6.07, 6.45) is 3.34. The second-order valence-corrected chi connectivity index (χ2v) is 5.34. The molecule has 0 aromatic carbocycles. The van der Waals surface area contributed by atoms with Gasteiger partial charge in [0.1, 0.15) is 4.60 Å². The van der Waals surface area contributed by atoms with E-state index in [9.17, 15) is 5.11 Å². The van der Waals surface area contributed by atoms with E-state index in [0.29, 0.717) is 0 Å². The fourth-order valence-electron chi connectivity index (χ4n) is 1.75. The zero-order valence-corrected chi connectivity index (χ0v) is 11.3. The van der Waals surface area contributed by atoms with Crippen LogP contribution < -0.4 is 4.90 Å². The number of aromatic nitrogens is 1. The molecule has 0 bridgehead atoms. The molecule has 1 aliphatic heterocycles. The molecule has 1 aromatic rings. The number of halogens is 2. The van der Waals surface area contributed by atoms with Crippen LogP contribution in [-0.2, 0) is 0 Å². The van der Waals surface area contributed by atoms with Crippen LogP contribution in [0.5, 0.6) is 0 Å². The van der Waals surface area contributed by atoms with Crippen LogP contribution in [0.4, 0.5) is 5.69 Å². The summed E-state index contributed by atoms with van der Waals surface area (Å²) in [7, 11) is 0. The van der Waals surface area contributed by atoms with Crippen LogP contribution >= 0.6 is 31.9 Å². The lowest BCUT2D eigenvalue weighted by molar-refractivity contribution is 0.145. The van der Waals surface area contributed by atoms with E-state index < -0.39 is 0 Å². The Morgan fingerprint density at radius 1 is 1.33 bits per heavy atom. The molecule has 2 rings (SSSR count).